The molecular formula is C19H19N3O5S. The highest BCUT2D eigenvalue weighted by molar-refractivity contribution is 8.03. The summed E-state index contributed by atoms with van der Waals surface area (Å²) in [7, 11) is 4.24. The Morgan fingerprint density at radius 1 is 1.29 bits per heavy atom. The Kier molecular flexibility index (Phi) is 5.51. The molecule has 2 aliphatic heterocycles. The number of carbonyl (C=O) groups excluding carboxylic acids is 2. The fourth-order valence-electron chi connectivity index (χ4n) is 3.31. The van der Waals surface area contributed by atoms with Crippen molar-refractivity contribution < 1.29 is 23.8 Å². The Bertz CT molecular complexity index is 947. The van der Waals surface area contributed by atoms with Gasteiger partial charge in [-0.3, -0.25) is 9.69 Å². The number of carbonyl (C=O) groups is 2. The SMILES string of the molecule is COC(=O)C1=C(N)N2C(=O)CCSC2=C(C#N)C1c1ccc(OC)c(OC)c1. The predicted octanol–water partition coefficient (Wildman–Crippen LogP) is 1.84. The largest absolute Gasteiger partial charge is 0.493 e. The Hall–Kier alpha value is -3.12. The molecular weight excluding hydrogens is 382 g/mol. The molecule has 1 atom stereocenters. The quantitative estimate of drug-likeness (QED) is 0.760. The van der Waals surface area contributed by atoms with Crippen LogP contribution < -0.4 is 15.2 Å². The lowest BCUT2D eigenvalue weighted by Gasteiger charge is -2.37. The number of rotatable bonds is 4. The van der Waals surface area contributed by atoms with Crippen molar-refractivity contribution in [2.24, 2.45) is 5.73 Å². The van der Waals surface area contributed by atoms with Gasteiger partial charge in [0.05, 0.1) is 49.5 Å². The number of nitriles is 1. The Balaban J connectivity index is 2.27. The summed E-state index contributed by atoms with van der Waals surface area (Å²) >= 11 is 1.36. The number of allylic oxidation sites excluding steroid dienone is 1. The second-order valence-corrected chi connectivity index (χ2v) is 7.08. The van der Waals surface area contributed by atoms with Gasteiger partial charge >= 0.3 is 5.97 Å². The van der Waals surface area contributed by atoms with Crippen LogP contribution in [0.15, 0.2) is 40.2 Å². The zero-order chi connectivity index (χ0) is 20.4. The minimum atomic E-state index is -0.790. The molecule has 3 rings (SSSR count). The molecule has 1 unspecified atom stereocenters. The summed E-state index contributed by atoms with van der Waals surface area (Å²) in [6.45, 7) is 0. The first-order valence-electron chi connectivity index (χ1n) is 8.38. The van der Waals surface area contributed by atoms with Crippen LogP contribution in [0, 0.1) is 11.3 Å². The van der Waals surface area contributed by atoms with Crippen LogP contribution in [-0.2, 0) is 14.3 Å². The Morgan fingerprint density at radius 2 is 2.00 bits per heavy atom. The second-order valence-electron chi connectivity index (χ2n) is 6.00. The van der Waals surface area contributed by atoms with Crippen molar-refractivity contribution in [2.45, 2.75) is 12.3 Å². The number of thioether (sulfide) groups is 1. The molecule has 0 bridgehead atoms. The molecule has 0 saturated carbocycles. The van der Waals surface area contributed by atoms with Gasteiger partial charge in [0.25, 0.3) is 0 Å². The van der Waals surface area contributed by atoms with Crippen molar-refractivity contribution in [2.75, 3.05) is 27.1 Å². The van der Waals surface area contributed by atoms with Gasteiger partial charge in [-0.15, -0.1) is 11.8 Å². The van der Waals surface area contributed by atoms with Crippen molar-refractivity contribution in [3.8, 4) is 17.6 Å². The van der Waals surface area contributed by atoms with Crippen LogP contribution in [0.3, 0.4) is 0 Å². The first-order valence-corrected chi connectivity index (χ1v) is 9.36. The van der Waals surface area contributed by atoms with E-state index in [2.05, 4.69) is 6.07 Å². The molecule has 0 spiro atoms. The fraction of sp³-hybridized carbons (Fsp3) is 0.316. The normalized spacial score (nSPS) is 19.1. The summed E-state index contributed by atoms with van der Waals surface area (Å²) in [5.74, 6) is -0.276. The lowest BCUT2D eigenvalue weighted by molar-refractivity contribution is -0.136. The third-order valence-corrected chi connectivity index (χ3v) is 5.68. The molecule has 2 N–H and O–H groups in total. The molecule has 1 fully saturated rings. The number of esters is 1. The van der Waals surface area contributed by atoms with Crippen molar-refractivity contribution in [1.29, 1.82) is 5.26 Å². The molecule has 0 radical (unpaired) electrons. The van der Waals surface area contributed by atoms with Gasteiger partial charge in [0.2, 0.25) is 5.91 Å². The number of methoxy groups -OCH3 is 3. The number of nitrogens with two attached hydrogens (primary N) is 1. The predicted molar refractivity (Wildman–Crippen MR) is 102 cm³/mol. The van der Waals surface area contributed by atoms with E-state index in [0.717, 1.165) is 0 Å². The van der Waals surface area contributed by atoms with Crippen LogP contribution in [0.2, 0.25) is 0 Å². The maximum absolute atomic E-state index is 12.6. The van der Waals surface area contributed by atoms with E-state index in [0.29, 0.717) is 27.8 Å². The van der Waals surface area contributed by atoms with Gasteiger partial charge < -0.3 is 19.9 Å². The number of hydrogen-bond donors (Lipinski definition) is 1. The van der Waals surface area contributed by atoms with E-state index in [-0.39, 0.29) is 29.3 Å². The number of fused-ring (bicyclic) bond motifs is 1. The van der Waals surface area contributed by atoms with Gasteiger partial charge in [0.1, 0.15) is 5.82 Å². The highest BCUT2D eigenvalue weighted by atomic mass is 32.2. The number of amides is 1. The molecule has 1 aromatic carbocycles. The molecule has 146 valence electrons. The summed E-state index contributed by atoms with van der Waals surface area (Å²) < 4.78 is 15.5. The van der Waals surface area contributed by atoms with Crippen LogP contribution in [0.25, 0.3) is 0 Å². The van der Waals surface area contributed by atoms with Gasteiger partial charge in [0, 0.05) is 12.2 Å². The lowest BCUT2D eigenvalue weighted by Crippen LogP contribution is -2.42. The lowest BCUT2D eigenvalue weighted by atomic mass is 9.82. The summed E-state index contributed by atoms with van der Waals surface area (Å²) in [4.78, 5) is 26.3. The van der Waals surface area contributed by atoms with Crippen LogP contribution in [0.4, 0.5) is 0 Å². The smallest absolute Gasteiger partial charge is 0.338 e. The number of hydrogen-bond acceptors (Lipinski definition) is 8. The van der Waals surface area contributed by atoms with Crippen LogP contribution >= 0.6 is 11.8 Å². The molecule has 9 heteroatoms. The topological polar surface area (TPSA) is 115 Å². The van der Waals surface area contributed by atoms with E-state index in [9.17, 15) is 14.9 Å². The molecule has 0 aliphatic carbocycles. The van der Waals surface area contributed by atoms with Crippen molar-refractivity contribution in [1.82, 2.24) is 4.90 Å². The van der Waals surface area contributed by atoms with Crippen molar-refractivity contribution >= 4 is 23.6 Å². The van der Waals surface area contributed by atoms with Crippen LogP contribution in [-0.4, -0.2) is 43.9 Å². The molecule has 2 heterocycles. The van der Waals surface area contributed by atoms with E-state index in [1.807, 2.05) is 0 Å². The summed E-state index contributed by atoms with van der Waals surface area (Å²) in [5, 5.41) is 10.4. The average Bonchev–Trinajstić information content (AvgIpc) is 2.72. The molecule has 8 nitrogen and oxygen atoms in total. The van der Waals surface area contributed by atoms with Crippen molar-refractivity contribution in [3.05, 3.63) is 45.8 Å². The van der Waals surface area contributed by atoms with Gasteiger partial charge in [-0.25, -0.2) is 4.79 Å². The zero-order valence-corrected chi connectivity index (χ0v) is 16.5. The van der Waals surface area contributed by atoms with E-state index >= 15 is 0 Å². The van der Waals surface area contributed by atoms with Gasteiger partial charge in [0.15, 0.2) is 11.5 Å². The number of benzene rings is 1. The summed E-state index contributed by atoms with van der Waals surface area (Å²) in [5.41, 5.74) is 7.15. The molecule has 28 heavy (non-hydrogen) atoms. The van der Waals surface area contributed by atoms with Crippen molar-refractivity contribution in [3.63, 3.8) is 0 Å². The maximum Gasteiger partial charge on any atom is 0.338 e. The third-order valence-electron chi connectivity index (χ3n) is 4.60. The van der Waals surface area contributed by atoms with Crippen LogP contribution in [0.1, 0.15) is 17.9 Å². The highest BCUT2D eigenvalue weighted by Crippen LogP contribution is 2.47. The van der Waals surface area contributed by atoms with Crippen LogP contribution in [0.5, 0.6) is 11.5 Å². The maximum atomic E-state index is 12.6. The molecule has 1 saturated heterocycles. The minimum absolute atomic E-state index is 0.0159. The first-order chi connectivity index (χ1) is 13.5. The fourth-order valence-corrected chi connectivity index (χ4v) is 4.43. The van der Waals surface area contributed by atoms with E-state index in [4.69, 9.17) is 19.9 Å². The molecule has 0 aromatic heterocycles. The molecule has 1 amide bonds. The van der Waals surface area contributed by atoms with Gasteiger partial charge in [-0.1, -0.05) is 6.07 Å². The average molecular weight is 401 g/mol. The summed E-state index contributed by atoms with van der Waals surface area (Å²) in [6, 6.07) is 7.26. The van der Waals surface area contributed by atoms with Gasteiger partial charge in [-0.05, 0) is 17.7 Å². The highest BCUT2D eigenvalue weighted by Gasteiger charge is 2.43. The van der Waals surface area contributed by atoms with E-state index in [1.165, 1.54) is 38.0 Å². The first kappa shape index (κ1) is 19.6. The standard InChI is InChI=1S/C19H19N3O5S/c1-25-12-5-4-10(8-13(12)26-2)15-11(9-20)18-22(14(23)6-7-28-18)17(21)16(15)19(24)27-3/h4-5,8,15H,6-7,21H2,1-3H3. The second kappa shape index (κ2) is 7.86. The monoisotopic (exact) mass is 401 g/mol. The van der Waals surface area contributed by atoms with E-state index < -0.39 is 11.9 Å². The minimum Gasteiger partial charge on any atom is -0.493 e. The Labute approximate surface area is 166 Å². The third kappa shape index (κ3) is 3.05. The van der Waals surface area contributed by atoms with Gasteiger partial charge in [-0.2, -0.15) is 5.26 Å². The Morgan fingerprint density at radius 3 is 2.61 bits per heavy atom. The molecule has 2 aliphatic rings. The zero-order valence-electron chi connectivity index (χ0n) is 15.6. The number of ether oxygens (including phenoxy) is 3. The van der Waals surface area contributed by atoms with E-state index in [1.54, 1.807) is 18.2 Å². The summed E-state index contributed by atoms with van der Waals surface area (Å²) in [6.07, 6.45) is 0.267. The number of nitrogens with zero attached hydrogens (tertiary/aromatic N) is 2. The molecule has 1 aromatic rings.